The second kappa shape index (κ2) is 12.0. The first-order chi connectivity index (χ1) is 26.0. The van der Waals surface area contributed by atoms with Crippen molar-refractivity contribution in [2.24, 2.45) is 5.92 Å². The van der Waals surface area contributed by atoms with Gasteiger partial charge in [-0.2, -0.15) is 9.97 Å². The van der Waals surface area contributed by atoms with Crippen molar-refractivity contribution in [3.8, 4) is 35.5 Å². The first-order valence-corrected chi connectivity index (χ1v) is 19.4. The monoisotopic (exact) mass is 728 g/mol. The third-order valence-corrected chi connectivity index (χ3v) is 12.5. The first-order valence-electron chi connectivity index (χ1n) is 19.4. The quantitative estimate of drug-likeness (QED) is 0.156. The Morgan fingerprint density at radius 1 is 1.11 bits per heavy atom. The van der Waals surface area contributed by atoms with Crippen LogP contribution in [0.1, 0.15) is 71.3 Å². The standard InChI is InChI=1S/C43H45FN6O4/c1-6-25-10-7-11-26-12-8-13-29(31(25)26)34-33(44)35-32-38(47-40(46-35)52-23-43-18-9-19-48(43)21-24(2)20-43)49-22-28-16-17-30(50(28)41(51)54-42(3,4)5)36(49)37(27-14-15-27)53-39(32)45-34/h1,7-8,10-13,27-28,30,36-37H,2,9,14-23H2,3-5H3/t28-,30+,36+,37?,43?/m1/s1. The Bertz CT molecular complexity index is 2290. The average Bonchev–Trinajstić information content (AvgIpc) is 3.77. The van der Waals surface area contributed by atoms with E-state index < -0.39 is 11.4 Å². The Morgan fingerprint density at radius 2 is 1.93 bits per heavy atom. The number of aromatic nitrogens is 3. The molecule has 5 atom stereocenters. The van der Waals surface area contributed by atoms with Crippen molar-refractivity contribution in [3.05, 3.63) is 59.9 Å². The van der Waals surface area contributed by atoms with Gasteiger partial charge < -0.3 is 19.1 Å². The van der Waals surface area contributed by atoms with Crippen molar-refractivity contribution in [2.75, 3.05) is 31.1 Å². The topological polar surface area (TPSA) is 93.2 Å². The van der Waals surface area contributed by atoms with Crippen LogP contribution < -0.4 is 14.4 Å². The number of hydrogen-bond acceptors (Lipinski definition) is 9. The Balaban J connectivity index is 1.16. The van der Waals surface area contributed by atoms with E-state index in [0.29, 0.717) is 35.5 Å². The van der Waals surface area contributed by atoms with Crippen LogP contribution in [0.2, 0.25) is 0 Å². The molecule has 2 bridgehead atoms. The summed E-state index contributed by atoms with van der Waals surface area (Å²) in [5, 5.41) is 2.05. The number of halogens is 1. The summed E-state index contributed by atoms with van der Waals surface area (Å²) in [6.07, 6.45) is 11.9. The van der Waals surface area contributed by atoms with Gasteiger partial charge in [0.25, 0.3) is 0 Å². The van der Waals surface area contributed by atoms with Gasteiger partial charge in [-0.1, -0.05) is 48.4 Å². The van der Waals surface area contributed by atoms with Gasteiger partial charge in [0.15, 0.2) is 5.82 Å². The second-order valence-electron chi connectivity index (χ2n) is 17.2. The van der Waals surface area contributed by atoms with Crippen molar-refractivity contribution in [3.63, 3.8) is 0 Å². The summed E-state index contributed by atoms with van der Waals surface area (Å²) < 4.78 is 37.1. The smallest absolute Gasteiger partial charge is 0.410 e. The number of rotatable bonds is 5. The SMILES string of the molecule is C#Cc1cccc2cccc(-c3nc4c5c(nc(OCC67CCCN6CC(=C)C7)nc5c3F)N3C[C@H]5CC[C@@H]([C@H]3C(C3CC3)O4)N5C(=O)OC(C)(C)C)c12. The summed E-state index contributed by atoms with van der Waals surface area (Å²) in [7, 11) is 0. The molecule has 5 aliphatic heterocycles. The molecule has 2 aromatic carbocycles. The first kappa shape index (κ1) is 33.6. The molecule has 1 aliphatic carbocycles. The molecule has 11 heteroatoms. The zero-order valence-corrected chi connectivity index (χ0v) is 31.1. The number of amides is 1. The van der Waals surface area contributed by atoms with Crippen LogP contribution >= 0.6 is 0 Å². The number of ether oxygens (including phenoxy) is 3. The van der Waals surface area contributed by atoms with Gasteiger partial charge in [-0.25, -0.2) is 14.2 Å². The summed E-state index contributed by atoms with van der Waals surface area (Å²) in [4.78, 5) is 35.5. The highest BCUT2D eigenvalue weighted by molar-refractivity contribution is 6.03. The minimum Gasteiger partial charge on any atom is -0.471 e. The summed E-state index contributed by atoms with van der Waals surface area (Å²) in [5.41, 5.74) is 1.80. The van der Waals surface area contributed by atoms with Gasteiger partial charge in [-0.15, -0.1) is 6.42 Å². The number of pyridine rings is 1. The number of fused-ring (bicyclic) bond motifs is 7. The van der Waals surface area contributed by atoms with E-state index in [-0.39, 0.29) is 64.9 Å². The summed E-state index contributed by atoms with van der Waals surface area (Å²) in [6.45, 7) is 12.7. The molecule has 0 spiro atoms. The lowest BCUT2D eigenvalue weighted by molar-refractivity contribution is -0.00211. The second-order valence-corrected chi connectivity index (χ2v) is 17.2. The molecule has 7 heterocycles. The normalized spacial score (nSPS) is 27.4. The third kappa shape index (κ3) is 5.24. The zero-order chi connectivity index (χ0) is 37.1. The summed E-state index contributed by atoms with van der Waals surface area (Å²) >= 11 is 0. The van der Waals surface area contributed by atoms with Gasteiger partial charge in [-0.05, 0) is 89.6 Å². The van der Waals surface area contributed by atoms with Gasteiger partial charge >= 0.3 is 12.1 Å². The van der Waals surface area contributed by atoms with E-state index >= 15 is 4.39 Å². The van der Waals surface area contributed by atoms with Crippen molar-refractivity contribution in [1.29, 1.82) is 0 Å². The number of terminal acetylenes is 1. The highest BCUT2D eigenvalue weighted by atomic mass is 19.1. The number of hydrogen-bond donors (Lipinski definition) is 0. The predicted molar refractivity (Wildman–Crippen MR) is 204 cm³/mol. The molecule has 4 aromatic rings. The van der Waals surface area contributed by atoms with Crippen LogP contribution in [-0.4, -0.2) is 92.5 Å². The molecule has 1 amide bonds. The van der Waals surface area contributed by atoms with E-state index in [9.17, 15) is 4.79 Å². The lowest BCUT2D eigenvalue weighted by Gasteiger charge is -2.48. The maximum atomic E-state index is 17.5. The Labute approximate surface area is 314 Å². The lowest BCUT2D eigenvalue weighted by atomic mass is 9.94. The largest absolute Gasteiger partial charge is 0.471 e. The third-order valence-electron chi connectivity index (χ3n) is 12.5. The molecule has 2 aromatic heterocycles. The Hall–Kier alpha value is -4.95. The molecule has 6 aliphatic rings. The number of piperazine rings is 1. The average molecular weight is 729 g/mol. The molecule has 10 nitrogen and oxygen atoms in total. The van der Waals surface area contributed by atoms with Crippen molar-refractivity contribution in [1.82, 2.24) is 24.8 Å². The highest BCUT2D eigenvalue weighted by Crippen LogP contribution is 2.51. The number of nitrogens with zero attached hydrogens (tertiary/aromatic N) is 6. The summed E-state index contributed by atoms with van der Waals surface area (Å²) in [5.74, 6) is 3.27. The molecule has 0 N–H and O–H groups in total. The van der Waals surface area contributed by atoms with E-state index in [1.807, 2.05) is 62.1 Å². The van der Waals surface area contributed by atoms with Crippen LogP contribution in [0.15, 0.2) is 48.6 Å². The number of anilines is 1. The molecule has 0 radical (unpaired) electrons. The fourth-order valence-corrected chi connectivity index (χ4v) is 10.1. The maximum absolute atomic E-state index is 17.5. The molecular weight excluding hydrogens is 684 g/mol. The van der Waals surface area contributed by atoms with Crippen molar-refractivity contribution < 1.29 is 23.4 Å². The molecular formula is C43H45FN6O4. The van der Waals surface area contributed by atoms with Crippen LogP contribution in [0.3, 0.4) is 0 Å². The Kier molecular flexibility index (Phi) is 7.48. The molecule has 54 heavy (non-hydrogen) atoms. The number of benzene rings is 2. The van der Waals surface area contributed by atoms with E-state index in [1.54, 1.807) is 0 Å². The van der Waals surface area contributed by atoms with Crippen LogP contribution in [0.4, 0.5) is 15.0 Å². The van der Waals surface area contributed by atoms with Crippen LogP contribution in [0.25, 0.3) is 32.9 Å². The number of carbonyl (C=O) groups excluding carboxylic acids is 1. The molecule has 1 saturated carbocycles. The minimum atomic E-state index is -0.635. The maximum Gasteiger partial charge on any atom is 0.410 e. The Morgan fingerprint density at radius 3 is 2.70 bits per heavy atom. The molecule has 4 saturated heterocycles. The summed E-state index contributed by atoms with van der Waals surface area (Å²) in [6, 6.07) is 11.0. The molecule has 10 rings (SSSR count). The predicted octanol–water partition coefficient (Wildman–Crippen LogP) is 7.27. The van der Waals surface area contributed by atoms with Gasteiger partial charge in [0.05, 0.1) is 23.7 Å². The van der Waals surface area contributed by atoms with Crippen molar-refractivity contribution >= 4 is 33.6 Å². The highest BCUT2D eigenvalue weighted by Gasteiger charge is 2.57. The van der Waals surface area contributed by atoms with Crippen LogP contribution in [0.5, 0.6) is 11.9 Å². The fourth-order valence-electron chi connectivity index (χ4n) is 10.1. The van der Waals surface area contributed by atoms with Crippen LogP contribution in [-0.2, 0) is 4.74 Å². The number of carbonyl (C=O) groups is 1. The lowest BCUT2D eigenvalue weighted by Crippen LogP contribution is -2.66. The van der Waals surface area contributed by atoms with E-state index in [4.69, 9.17) is 35.6 Å². The van der Waals surface area contributed by atoms with E-state index in [0.717, 1.165) is 68.8 Å². The van der Waals surface area contributed by atoms with Crippen molar-refractivity contribution in [2.45, 2.75) is 101 Å². The fraction of sp³-hybridized carbons (Fsp3) is 0.488. The van der Waals surface area contributed by atoms with Gasteiger partial charge in [-0.3, -0.25) is 9.80 Å². The minimum absolute atomic E-state index is 0.0962. The van der Waals surface area contributed by atoms with Gasteiger partial charge in [0, 0.05) is 29.6 Å². The molecule has 2 unspecified atom stereocenters. The molecule has 278 valence electrons. The van der Waals surface area contributed by atoms with Crippen LogP contribution in [0, 0.1) is 24.1 Å². The van der Waals surface area contributed by atoms with E-state index in [1.165, 1.54) is 5.57 Å². The van der Waals surface area contributed by atoms with Gasteiger partial charge in [0.1, 0.15) is 40.7 Å². The van der Waals surface area contributed by atoms with E-state index in [2.05, 4.69) is 22.3 Å². The van der Waals surface area contributed by atoms with Gasteiger partial charge in [0.2, 0.25) is 5.88 Å². The zero-order valence-electron chi connectivity index (χ0n) is 31.1. The molecule has 5 fully saturated rings.